The third-order valence-corrected chi connectivity index (χ3v) is 6.64. The molecule has 2 N–H and O–H groups in total. The molecule has 5 atom stereocenters. The van der Waals surface area contributed by atoms with Crippen molar-refractivity contribution in [1.82, 2.24) is 0 Å². The van der Waals surface area contributed by atoms with E-state index in [-0.39, 0.29) is 25.0 Å². The SMILES string of the molecule is C=C1C=CC=CC1C1=CC(C)CC(C)=C1.CC(=O)[C@H]1C[C@@H](C)C[C@@H]1C(N)=O.Cc1ccccc1.[HH]. The van der Waals surface area contributed by atoms with Gasteiger partial charge < -0.3 is 5.73 Å². The van der Waals surface area contributed by atoms with Crippen molar-refractivity contribution in [3.05, 3.63) is 95.6 Å². The molecule has 3 nitrogen and oxygen atoms in total. The number of amides is 1. The lowest BCUT2D eigenvalue weighted by atomic mass is 9.82. The van der Waals surface area contributed by atoms with Gasteiger partial charge in [0.15, 0.2) is 0 Å². The zero-order valence-electron chi connectivity index (χ0n) is 21.5. The molecule has 0 heterocycles. The number of primary amides is 1. The predicted molar refractivity (Wildman–Crippen MR) is 145 cm³/mol. The van der Waals surface area contributed by atoms with Crippen LogP contribution in [-0.4, -0.2) is 11.7 Å². The van der Waals surface area contributed by atoms with Crippen molar-refractivity contribution in [2.45, 2.75) is 53.9 Å². The Labute approximate surface area is 207 Å². The molecular weight excluding hydrogens is 418 g/mol. The van der Waals surface area contributed by atoms with Crippen LogP contribution in [0.2, 0.25) is 0 Å². The molecule has 0 bridgehead atoms. The molecule has 0 spiro atoms. The summed E-state index contributed by atoms with van der Waals surface area (Å²) in [7, 11) is 0. The zero-order chi connectivity index (χ0) is 25.3. The summed E-state index contributed by atoms with van der Waals surface area (Å²) in [5, 5.41) is 0. The topological polar surface area (TPSA) is 60.2 Å². The van der Waals surface area contributed by atoms with Crippen LogP contribution in [0.15, 0.2) is 90.1 Å². The standard InChI is InChI=1S/C15H18.C9H15NO2.C7H8.H2/c1-11-8-12(2)10-14(9-11)15-7-5-4-6-13(15)3;1-5-3-7(6(2)11)8(4-5)9(10)12;1-7-5-3-2-4-6-7;/h4-7,9-11,15H,3,8H2,1-2H3;5,7-8H,3-4H2,1-2H3,(H2,10,12);2-6H,1H3;1H/t;5-,7-,8+;;/m.1../s1. The maximum absolute atomic E-state index is 11.1. The predicted octanol–water partition coefficient (Wildman–Crippen LogP) is 7.16. The molecule has 3 aliphatic rings. The molecule has 4 rings (SSSR count). The molecule has 1 saturated carbocycles. The molecule has 1 aromatic carbocycles. The second-order valence-electron chi connectivity index (χ2n) is 10.1. The van der Waals surface area contributed by atoms with Gasteiger partial charge >= 0.3 is 0 Å². The van der Waals surface area contributed by atoms with Crippen LogP contribution < -0.4 is 5.73 Å². The van der Waals surface area contributed by atoms with Gasteiger partial charge in [0.25, 0.3) is 0 Å². The molecule has 0 radical (unpaired) electrons. The highest BCUT2D eigenvalue weighted by Gasteiger charge is 2.38. The average molecular weight is 462 g/mol. The number of allylic oxidation sites excluding steroid dienone is 9. The first-order chi connectivity index (χ1) is 16.1. The lowest BCUT2D eigenvalue weighted by molar-refractivity contribution is -0.129. The molecule has 184 valence electrons. The van der Waals surface area contributed by atoms with Gasteiger partial charge in [-0.2, -0.15) is 0 Å². The van der Waals surface area contributed by atoms with Crippen molar-refractivity contribution in [3.63, 3.8) is 0 Å². The zero-order valence-corrected chi connectivity index (χ0v) is 21.5. The fourth-order valence-electron chi connectivity index (χ4n) is 4.98. The monoisotopic (exact) mass is 461 g/mol. The number of ketones is 1. The molecule has 0 saturated heterocycles. The maximum Gasteiger partial charge on any atom is 0.221 e. The number of Topliss-reactive ketones (excluding diaryl/α,β-unsaturated/α-hetero) is 1. The normalized spacial score (nSPS) is 27.4. The van der Waals surface area contributed by atoms with E-state index in [2.05, 4.69) is 82.9 Å². The second-order valence-corrected chi connectivity index (χ2v) is 10.1. The molecule has 1 amide bonds. The molecule has 0 aliphatic heterocycles. The molecule has 3 heteroatoms. The number of carbonyl (C=O) groups excluding carboxylic acids is 2. The van der Waals surface area contributed by atoms with E-state index in [9.17, 15) is 9.59 Å². The van der Waals surface area contributed by atoms with Crippen LogP contribution in [0.5, 0.6) is 0 Å². The molecule has 1 aromatic rings. The van der Waals surface area contributed by atoms with Gasteiger partial charge in [0.05, 0.1) is 0 Å². The van der Waals surface area contributed by atoms with Crippen molar-refractivity contribution >= 4 is 11.7 Å². The van der Waals surface area contributed by atoms with Crippen molar-refractivity contribution in [1.29, 1.82) is 0 Å². The minimum Gasteiger partial charge on any atom is -0.369 e. The lowest BCUT2D eigenvalue weighted by Crippen LogP contribution is -2.29. The van der Waals surface area contributed by atoms with Gasteiger partial charge in [0, 0.05) is 19.2 Å². The Morgan fingerprint density at radius 2 is 1.68 bits per heavy atom. The lowest BCUT2D eigenvalue weighted by Gasteiger charge is -2.23. The minimum atomic E-state index is -0.320. The van der Waals surface area contributed by atoms with Crippen molar-refractivity contribution in [2.24, 2.45) is 35.3 Å². The molecule has 2 unspecified atom stereocenters. The third-order valence-electron chi connectivity index (χ3n) is 6.64. The van der Waals surface area contributed by atoms with E-state index in [1.807, 2.05) is 18.2 Å². The Balaban J connectivity index is 0.000000275. The largest absolute Gasteiger partial charge is 0.369 e. The summed E-state index contributed by atoms with van der Waals surface area (Å²) in [6.07, 6.45) is 16.0. The summed E-state index contributed by atoms with van der Waals surface area (Å²) in [6.45, 7) is 14.3. The summed E-state index contributed by atoms with van der Waals surface area (Å²) < 4.78 is 0. The Hall–Kier alpha value is -2.94. The number of aryl methyl sites for hydroxylation is 1. The summed E-state index contributed by atoms with van der Waals surface area (Å²) in [5.41, 5.74) is 10.6. The highest BCUT2D eigenvalue weighted by atomic mass is 16.1. The van der Waals surface area contributed by atoms with Gasteiger partial charge in [0.2, 0.25) is 5.91 Å². The first kappa shape index (κ1) is 27.3. The first-order valence-electron chi connectivity index (χ1n) is 12.3. The van der Waals surface area contributed by atoms with E-state index in [0.717, 1.165) is 12.8 Å². The minimum absolute atomic E-state index is 0. The number of hydrogen-bond donors (Lipinski definition) is 1. The van der Waals surface area contributed by atoms with Gasteiger partial charge in [-0.3, -0.25) is 9.59 Å². The number of nitrogens with two attached hydrogens (primary N) is 1. The Kier molecular flexibility index (Phi) is 10.5. The Morgan fingerprint density at radius 1 is 1.03 bits per heavy atom. The Morgan fingerprint density at radius 3 is 2.15 bits per heavy atom. The van der Waals surface area contributed by atoms with Crippen molar-refractivity contribution in [3.8, 4) is 0 Å². The first-order valence-corrected chi connectivity index (χ1v) is 12.3. The van der Waals surface area contributed by atoms with E-state index in [1.54, 1.807) is 6.92 Å². The van der Waals surface area contributed by atoms with Gasteiger partial charge in [-0.05, 0) is 63.0 Å². The quantitative estimate of drug-likeness (QED) is 0.519. The maximum atomic E-state index is 11.1. The van der Waals surface area contributed by atoms with Crippen LogP contribution >= 0.6 is 0 Å². The summed E-state index contributed by atoms with van der Waals surface area (Å²) in [5.74, 6) is 0.971. The fourth-order valence-corrected chi connectivity index (χ4v) is 4.98. The smallest absolute Gasteiger partial charge is 0.221 e. The van der Waals surface area contributed by atoms with Crippen LogP contribution in [0.3, 0.4) is 0 Å². The fraction of sp³-hybridized carbons (Fsp3) is 0.419. The van der Waals surface area contributed by atoms with Crippen LogP contribution in [0.4, 0.5) is 0 Å². The van der Waals surface area contributed by atoms with E-state index in [0.29, 0.717) is 17.8 Å². The highest BCUT2D eigenvalue weighted by Crippen LogP contribution is 2.36. The Bertz CT molecular complexity index is 964. The van der Waals surface area contributed by atoms with Gasteiger partial charge in [-0.1, -0.05) is 98.4 Å². The molecular formula is C31H43NO2. The van der Waals surface area contributed by atoms with E-state index in [1.165, 1.54) is 28.7 Å². The van der Waals surface area contributed by atoms with Gasteiger partial charge in [-0.15, -0.1) is 0 Å². The summed E-state index contributed by atoms with van der Waals surface area (Å²) in [6, 6.07) is 10.3. The van der Waals surface area contributed by atoms with E-state index in [4.69, 9.17) is 5.73 Å². The van der Waals surface area contributed by atoms with Gasteiger partial charge in [0.1, 0.15) is 5.78 Å². The number of rotatable bonds is 3. The summed E-state index contributed by atoms with van der Waals surface area (Å²) >= 11 is 0. The van der Waals surface area contributed by atoms with Crippen LogP contribution in [0, 0.1) is 36.5 Å². The number of hydrogen-bond acceptors (Lipinski definition) is 2. The van der Waals surface area contributed by atoms with Crippen LogP contribution in [-0.2, 0) is 9.59 Å². The van der Waals surface area contributed by atoms with Crippen LogP contribution in [0.1, 0.15) is 53.9 Å². The second kappa shape index (κ2) is 13.1. The van der Waals surface area contributed by atoms with Crippen molar-refractivity contribution in [2.75, 3.05) is 0 Å². The molecule has 3 aliphatic carbocycles. The number of carbonyl (C=O) groups is 2. The van der Waals surface area contributed by atoms with Crippen molar-refractivity contribution < 1.29 is 11.0 Å². The highest BCUT2D eigenvalue weighted by molar-refractivity contribution is 5.87. The van der Waals surface area contributed by atoms with E-state index >= 15 is 0 Å². The number of benzene rings is 1. The van der Waals surface area contributed by atoms with Gasteiger partial charge in [-0.25, -0.2) is 0 Å². The third kappa shape index (κ3) is 8.44. The molecule has 1 fully saturated rings. The molecule has 0 aromatic heterocycles. The van der Waals surface area contributed by atoms with E-state index < -0.39 is 0 Å². The van der Waals surface area contributed by atoms with Crippen LogP contribution in [0.25, 0.3) is 0 Å². The molecule has 34 heavy (non-hydrogen) atoms. The average Bonchev–Trinajstić information content (AvgIpc) is 3.17. The summed E-state index contributed by atoms with van der Waals surface area (Å²) in [4.78, 5) is 22.0.